The number of carbonyl (C=O) groups excluding carboxylic acids is 1. The first-order valence-corrected chi connectivity index (χ1v) is 7.70. The minimum Gasteiger partial charge on any atom is -0.344 e. The van der Waals surface area contributed by atoms with Crippen LogP contribution in [0.5, 0.6) is 0 Å². The van der Waals surface area contributed by atoms with E-state index >= 15 is 0 Å². The van der Waals surface area contributed by atoms with Gasteiger partial charge in [0, 0.05) is 23.8 Å². The van der Waals surface area contributed by atoms with E-state index in [4.69, 9.17) is 0 Å². The fourth-order valence-corrected chi connectivity index (χ4v) is 3.47. The van der Waals surface area contributed by atoms with Crippen LogP contribution in [0.2, 0.25) is 0 Å². The maximum atomic E-state index is 12.3. The van der Waals surface area contributed by atoms with E-state index < -0.39 is 0 Å². The maximum Gasteiger partial charge on any atom is 0.272 e. The van der Waals surface area contributed by atoms with E-state index in [9.17, 15) is 9.59 Å². The zero-order valence-corrected chi connectivity index (χ0v) is 12.4. The van der Waals surface area contributed by atoms with Gasteiger partial charge in [0.25, 0.3) is 11.5 Å². The molecule has 5 nitrogen and oxygen atoms in total. The van der Waals surface area contributed by atoms with Crippen LogP contribution in [-0.4, -0.2) is 21.4 Å². The molecule has 0 spiro atoms. The molecule has 1 N–H and O–H groups in total. The molecular weight excluding hydrogens is 286 g/mol. The Balaban J connectivity index is 1.82. The van der Waals surface area contributed by atoms with Crippen molar-refractivity contribution in [1.29, 1.82) is 0 Å². The zero-order chi connectivity index (χ0) is 14.8. The summed E-state index contributed by atoms with van der Waals surface area (Å²) < 4.78 is 1.17. The predicted octanol–water partition coefficient (Wildman–Crippen LogP) is 1.75. The van der Waals surface area contributed by atoms with Crippen molar-refractivity contribution in [2.75, 3.05) is 5.75 Å². The molecule has 3 rings (SSSR count). The van der Waals surface area contributed by atoms with Gasteiger partial charge in [-0.05, 0) is 24.1 Å². The first-order valence-electron chi connectivity index (χ1n) is 6.72. The highest BCUT2D eigenvalue weighted by Gasteiger charge is 2.22. The third kappa shape index (κ3) is 2.85. The minimum atomic E-state index is -0.252. The molecule has 0 aliphatic carbocycles. The molecule has 1 aromatic carbocycles. The average Bonchev–Trinajstić information content (AvgIpc) is 2.50. The Bertz CT molecular complexity index is 742. The summed E-state index contributed by atoms with van der Waals surface area (Å²) in [5.74, 6) is 0.722. The molecule has 0 radical (unpaired) electrons. The first-order chi connectivity index (χ1) is 10.1. The summed E-state index contributed by atoms with van der Waals surface area (Å²) in [5, 5.41) is 6.99. The van der Waals surface area contributed by atoms with Crippen LogP contribution in [0, 0.1) is 0 Å². The number of aryl methyl sites for hydroxylation is 1. The molecule has 2 aromatic rings. The number of rotatable bonds is 2. The summed E-state index contributed by atoms with van der Waals surface area (Å²) in [4.78, 5) is 24.8. The standard InChI is InChI=1S/C15H15N3O2S/c1-18-14(19)7-6-12(17-18)15(20)16-11-8-9-21-13-5-3-2-4-10(11)13/h2-7,11H,8-9H2,1H3,(H,16,20)/t11-/m1/s1. The van der Waals surface area contributed by atoms with E-state index in [-0.39, 0.29) is 23.2 Å². The second-order valence-electron chi connectivity index (χ2n) is 4.88. The Morgan fingerprint density at radius 1 is 1.33 bits per heavy atom. The van der Waals surface area contributed by atoms with Crippen molar-refractivity contribution in [2.45, 2.75) is 17.4 Å². The zero-order valence-electron chi connectivity index (χ0n) is 11.6. The van der Waals surface area contributed by atoms with Gasteiger partial charge >= 0.3 is 0 Å². The number of fused-ring (bicyclic) bond motifs is 1. The van der Waals surface area contributed by atoms with Crippen LogP contribution >= 0.6 is 11.8 Å². The molecule has 6 heteroatoms. The molecule has 1 atom stereocenters. The van der Waals surface area contributed by atoms with Gasteiger partial charge in [0.05, 0.1) is 6.04 Å². The summed E-state index contributed by atoms with van der Waals surface area (Å²) in [6, 6.07) is 10.9. The summed E-state index contributed by atoms with van der Waals surface area (Å²) in [5.41, 5.74) is 1.17. The van der Waals surface area contributed by atoms with Gasteiger partial charge in [-0.2, -0.15) is 5.10 Å². The first kappa shape index (κ1) is 13.9. The van der Waals surface area contributed by atoms with Crippen molar-refractivity contribution in [3.63, 3.8) is 0 Å². The van der Waals surface area contributed by atoms with Gasteiger partial charge in [-0.25, -0.2) is 4.68 Å². The summed E-state index contributed by atoms with van der Waals surface area (Å²) in [6.07, 6.45) is 0.888. The van der Waals surface area contributed by atoms with Crippen molar-refractivity contribution in [3.8, 4) is 0 Å². The van der Waals surface area contributed by atoms with Crippen LogP contribution < -0.4 is 10.9 Å². The third-order valence-electron chi connectivity index (χ3n) is 3.46. The fourth-order valence-electron chi connectivity index (χ4n) is 2.35. The maximum absolute atomic E-state index is 12.3. The number of benzene rings is 1. The largest absolute Gasteiger partial charge is 0.344 e. The third-order valence-corrected chi connectivity index (χ3v) is 4.58. The Kier molecular flexibility index (Phi) is 3.79. The van der Waals surface area contributed by atoms with Crippen LogP contribution in [0.1, 0.15) is 28.5 Å². The quantitative estimate of drug-likeness (QED) is 0.918. The van der Waals surface area contributed by atoms with Crippen LogP contribution in [-0.2, 0) is 7.05 Å². The Hall–Kier alpha value is -2.08. The summed E-state index contributed by atoms with van der Waals surface area (Å²) >= 11 is 1.81. The number of amides is 1. The van der Waals surface area contributed by atoms with Gasteiger partial charge in [-0.1, -0.05) is 18.2 Å². The lowest BCUT2D eigenvalue weighted by molar-refractivity contribution is 0.0927. The van der Waals surface area contributed by atoms with Gasteiger partial charge in [-0.3, -0.25) is 9.59 Å². The van der Waals surface area contributed by atoms with Crippen molar-refractivity contribution in [1.82, 2.24) is 15.1 Å². The van der Waals surface area contributed by atoms with Crippen LogP contribution in [0.4, 0.5) is 0 Å². The monoisotopic (exact) mass is 301 g/mol. The van der Waals surface area contributed by atoms with E-state index in [0.717, 1.165) is 17.7 Å². The number of hydrogen-bond donors (Lipinski definition) is 1. The highest BCUT2D eigenvalue weighted by atomic mass is 32.2. The van der Waals surface area contributed by atoms with Crippen molar-refractivity contribution < 1.29 is 4.79 Å². The molecule has 108 valence electrons. The molecule has 0 unspecified atom stereocenters. The molecule has 1 aromatic heterocycles. The van der Waals surface area contributed by atoms with Crippen LogP contribution in [0.3, 0.4) is 0 Å². The molecule has 0 saturated carbocycles. The average molecular weight is 301 g/mol. The van der Waals surface area contributed by atoms with Crippen molar-refractivity contribution >= 4 is 17.7 Å². The molecule has 0 bridgehead atoms. The molecular formula is C15H15N3O2S. The number of carbonyl (C=O) groups is 1. The topological polar surface area (TPSA) is 64.0 Å². The number of nitrogens with one attached hydrogen (secondary N) is 1. The van der Waals surface area contributed by atoms with Gasteiger partial charge in [0.2, 0.25) is 0 Å². The second-order valence-corrected chi connectivity index (χ2v) is 6.02. The highest BCUT2D eigenvalue weighted by molar-refractivity contribution is 7.99. The number of nitrogens with zero attached hydrogens (tertiary/aromatic N) is 2. The minimum absolute atomic E-state index is 0.00557. The van der Waals surface area contributed by atoms with E-state index in [1.807, 2.05) is 30.0 Å². The van der Waals surface area contributed by atoms with Crippen molar-refractivity contribution in [2.24, 2.45) is 7.05 Å². The molecule has 1 amide bonds. The van der Waals surface area contributed by atoms with Crippen LogP contribution in [0.15, 0.2) is 46.1 Å². The summed E-state index contributed by atoms with van der Waals surface area (Å²) in [6.45, 7) is 0. The van der Waals surface area contributed by atoms with Gasteiger partial charge < -0.3 is 5.32 Å². The second kappa shape index (κ2) is 5.73. The Labute approximate surface area is 126 Å². The number of thioether (sulfide) groups is 1. The normalized spacial score (nSPS) is 17.1. The Morgan fingerprint density at radius 3 is 2.95 bits per heavy atom. The highest BCUT2D eigenvalue weighted by Crippen LogP contribution is 2.35. The lowest BCUT2D eigenvalue weighted by Crippen LogP contribution is -2.33. The molecule has 1 aliphatic rings. The molecule has 0 saturated heterocycles. The molecule has 2 heterocycles. The molecule has 1 aliphatic heterocycles. The number of hydrogen-bond acceptors (Lipinski definition) is 4. The van der Waals surface area contributed by atoms with E-state index in [1.165, 1.54) is 28.8 Å². The summed E-state index contributed by atoms with van der Waals surface area (Å²) in [7, 11) is 1.53. The number of aromatic nitrogens is 2. The van der Waals surface area contributed by atoms with Crippen LogP contribution in [0.25, 0.3) is 0 Å². The molecule has 0 fully saturated rings. The van der Waals surface area contributed by atoms with E-state index in [1.54, 1.807) is 0 Å². The van der Waals surface area contributed by atoms with Gasteiger partial charge in [-0.15, -0.1) is 11.8 Å². The smallest absolute Gasteiger partial charge is 0.272 e. The lowest BCUT2D eigenvalue weighted by atomic mass is 10.0. The van der Waals surface area contributed by atoms with Crippen molar-refractivity contribution in [3.05, 3.63) is 58.0 Å². The van der Waals surface area contributed by atoms with E-state index in [0.29, 0.717) is 0 Å². The van der Waals surface area contributed by atoms with Gasteiger partial charge in [0.15, 0.2) is 0 Å². The van der Waals surface area contributed by atoms with E-state index in [2.05, 4.69) is 16.5 Å². The SMILES string of the molecule is Cn1nc(C(=O)N[C@@H]2CCSc3ccccc32)ccc1=O. The van der Waals surface area contributed by atoms with Gasteiger partial charge in [0.1, 0.15) is 5.69 Å². The fraction of sp³-hybridized carbons (Fsp3) is 0.267. The lowest BCUT2D eigenvalue weighted by Gasteiger charge is -2.25. The molecule has 21 heavy (non-hydrogen) atoms. The Morgan fingerprint density at radius 2 is 2.14 bits per heavy atom. The predicted molar refractivity (Wildman–Crippen MR) is 81.5 cm³/mol.